The molecule has 0 aromatic carbocycles. The van der Waals surface area contributed by atoms with Crippen LogP contribution in [0.2, 0.25) is 0 Å². The lowest BCUT2D eigenvalue weighted by atomic mass is 9.61. The number of amides is 1. The van der Waals surface area contributed by atoms with E-state index in [9.17, 15) is 14.7 Å². The van der Waals surface area contributed by atoms with Gasteiger partial charge in [0.1, 0.15) is 6.04 Å². The molecule has 4 N–H and O–H groups in total. The van der Waals surface area contributed by atoms with Gasteiger partial charge in [0.2, 0.25) is 5.91 Å². The van der Waals surface area contributed by atoms with Gasteiger partial charge < -0.3 is 16.2 Å². The number of hydrogen-bond acceptors (Lipinski definition) is 3. The second-order valence-electron chi connectivity index (χ2n) is 7.43. The molecule has 0 aromatic rings. The number of carboxylic acids is 1. The van der Waals surface area contributed by atoms with E-state index in [0.717, 1.165) is 12.8 Å². The number of carbonyl (C=O) groups is 2. The summed E-state index contributed by atoms with van der Waals surface area (Å²) >= 11 is 0. The molecule has 0 aliphatic heterocycles. The van der Waals surface area contributed by atoms with Gasteiger partial charge in [-0.3, -0.25) is 4.79 Å². The number of nitrogens with one attached hydrogen (secondary N) is 1. The molecule has 1 amide bonds. The first kappa shape index (κ1) is 18.0. The minimum atomic E-state index is -0.963. The largest absolute Gasteiger partial charge is 0.480 e. The molecule has 21 heavy (non-hydrogen) atoms. The topological polar surface area (TPSA) is 92.4 Å². The molecule has 5 nitrogen and oxygen atoms in total. The van der Waals surface area contributed by atoms with Crippen molar-refractivity contribution in [2.24, 2.45) is 28.9 Å². The monoisotopic (exact) mass is 298 g/mol. The van der Waals surface area contributed by atoms with Crippen LogP contribution in [0.3, 0.4) is 0 Å². The molecule has 1 aliphatic rings. The summed E-state index contributed by atoms with van der Waals surface area (Å²) in [6.07, 6.45) is 1.98. The summed E-state index contributed by atoms with van der Waals surface area (Å²) in [5.41, 5.74) is 5.89. The summed E-state index contributed by atoms with van der Waals surface area (Å²) < 4.78 is 0. The van der Waals surface area contributed by atoms with Crippen LogP contribution in [0.5, 0.6) is 0 Å². The predicted octanol–water partition coefficient (Wildman–Crippen LogP) is 2.00. The number of nitrogens with two attached hydrogens (primary N) is 1. The highest BCUT2D eigenvalue weighted by atomic mass is 16.4. The van der Waals surface area contributed by atoms with Crippen molar-refractivity contribution in [3.63, 3.8) is 0 Å². The smallest absolute Gasteiger partial charge is 0.326 e. The van der Waals surface area contributed by atoms with E-state index in [1.54, 1.807) is 0 Å². The Morgan fingerprint density at radius 3 is 2.38 bits per heavy atom. The van der Waals surface area contributed by atoms with Gasteiger partial charge in [0, 0.05) is 12.0 Å². The molecule has 0 bridgehead atoms. The zero-order chi connectivity index (χ0) is 16.4. The second-order valence-corrected chi connectivity index (χ2v) is 7.43. The fraction of sp³-hybridized carbons (Fsp3) is 0.875. The van der Waals surface area contributed by atoms with Gasteiger partial charge in [-0.15, -0.1) is 0 Å². The van der Waals surface area contributed by atoms with Crippen molar-refractivity contribution >= 4 is 11.9 Å². The molecule has 5 heteroatoms. The van der Waals surface area contributed by atoms with Crippen LogP contribution in [0.15, 0.2) is 0 Å². The first-order valence-corrected chi connectivity index (χ1v) is 7.86. The van der Waals surface area contributed by atoms with Gasteiger partial charge >= 0.3 is 5.97 Å². The summed E-state index contributed by atoms with van der Waals surface area (Å²) in [5.74, 6) is -0.836. The Morgan fingerprint density at radius 1 is 1.33 bits per heavy atom. The highest BCUT2D eigenvalue weighted by Gasteiger charge is 2.45. The molecule has 1 fully saturated rings. The normalized spacial score (nSPS) is 30.0. The minimum Gasteiger partial charge on any atom is -0.480 e. The van der Waals surface area contributed by atoms with Crippen LogP contribution in [0.25, 0.3) is 0 Å². The SMILES string of the molecule is CC(C)C[C@@H](NC(=O)C1CCC(N)C(C)C1(C)C)C(=O)O. The van der Waals surface area contributed by atoms with E-state index >= 15 is 0 Å². The van der Waals surface area contributed by atoms with Crippen molar-refractivity contribution in [3.05, 3.63) is 0 Å². The lowest BCUT2D eigenvalue weighted by molar-refractivity contribution is -0.144. The van der Waals surface area contributed by atoms with Crippen LogP contribution in [-0.4, -0.2) is 29.1 Å². The minimum absolute atomic E-state index is 0.106. The highest BCUT2D eigenvalue weighted by molar-refractivity contribution is 5.85. The molecule has 1 saturated carbocycles. The Hall–Kier alpha value is -1.10. The number of carboxylic acid groups (broad SMARTS) is 1. The Morgan fingerprint density at radius 2 is 1.90 bits per heavy atom. The van der Waals surface area contributed by atoms with Crippen LogP contribution in [0.1, 0.15) is 53.9 Å². The maximum absolute atomic E-state index is 12.5. The molecule has 0 saturated heterocycles. The average molecular weight is 298 g/mol. The van der Waals surface area contributed by atoms with Crippen molar-refractivity contribution < 1.29 is 14.7 Å². The van der Waals surface area contributed by atoms with E-state index in [2.05, 4.69) is 26.1 Å². The first-order valence-electron chi connectivity index (χ1n) is 7.86. The van der Waals surface area contributed by atoms with Gasteiger partial charge in [-0.1, -0.05) is 34.6 Å². The van der Waals surface area contributed by atoms with Gasteiger partial charge in [-0.2, -0.15) is 0 Å². The molecule has 122 valence electrons. The van der Waals surface area contributed by atoms with E-state index in [4.69, 9.17) is 5.73 Å². The molecule has 4 atom stereocenters. The van der Waals surface area contributed by atoms with Crippen molar-refractivity contribution in [1.29, 1.82) is 0 Å². The number of hydrogen-bond donors (Lipinski definition) is 3. The molecule has 0 spiro atoms. The van der Waals surface area contributed by atoms with Gasteiger partial charge in [-0.05, 0) is 36.5 Å². The lowest BCUT2D eigenvalue weighted by Gasteiger charge is -2.46. The van der Waals surface area contributed by atoms with E-state index in [0.29, 0.717) is 6.42 Å². The molecule has 1 rings (SSSR count). The molecule has 0 radical (unpaired) electrons. The third-order valence-corrected chi connectivity index (χ3v) is 5.14. The van der Waals surface area contributed by atoms with Gasteiger partial charge in [0.15, 0.2) is 0 Å². The zero-order valence-corrected chi connectivity index (χ0v) is 13.8. The summed E-state index contributed by atoms with van der Waals surface area (Å²) in [4.78, 5) is 23.8. The molecular weight excluding hydrogens is 268 g/mol. The van der Waals surface area contributed by atoms with Crippen LogP contribution in [-0.2, 0) is 9.59 Å². The van der Waals surface area contributed by atoms with E-state index in [1.807, 2.05) is 13.8 Å². The number of carbonyl (C=O) groups excluding carboxylic acids is 1. The number of rotatable bonds is 5. The van der Waals surface area contributed by atoms with Crippen molar-refractivity contribution in [1.82, 2.24) is 5.32 Å². The van der Waals surface area contributed by atoms with E-state index in [1.165, 1.54) is 0 Å². The Kier molecular flexibility index (Phi) is 5.79. The molecule has 1 aliphatic carbocycles. The quantitative estimate of drug-likeness (QED) is 0.724. The van der Waals surface area contributed by atoms with Crippen LogP contribution in [0, 0.1) is 23.2 Å². The third-order valence-electron chi connectivity index (χ3n) is 5.14. The zero-order valence-electron chi connectivity index (χ0n) is 13.8. The third kappa shape index (κ3) is 4.19. The standard InChI is InChI=1S/C16H30N2O3/c1-9(2)8-13(15(20)21)18-14(19)11-6-7-12(17)10(3)16(11,4)5/h9-13H,6-8,17H2,1-5H3,(H,18,19)(H,20,21)/t10?,11?,12?,13-/m1/s1. The lowest BCUT2D eigenvalue weighted by Crippen LogP contribution is -2.54. The van der Waals surface area contributed by atoms with Gasteiger partial charge in [0.05, 0.1) is 0 Å². The van der Waals surface area contributed by atoms with Gasteiger partial charge in [0.25, 0.3) is 0 Å². The Labute approximate surface area is 127 Å². The van der Waals surface area contributed by atoms with Crippen LogP contribution < -0.4 is 11.1 Å². The van der Waals surface area contributed by atoms with E-state index in [-0.39, 0.29) is 35.1 Å². The van der Waals surface area contributed by atoms with Crippen LogP contribution >= 0.6 is 0 Å². The van der Waals surface area contributed by atoms with Crippen molar-refractivity contribution in [2.45, 2.75) is 66.0 Å². The second kappa shape index (κ2) is 6.77. The molecular formula is C16H30N2O3. The fourth-order valence-electron chi connectivity index (χ4n) is 3.28. The van der Waals surface area contributed by atoms with Crippen molar-refractivity contribution in [3.8, 4) is 0 Å². The molecule has 3 unspecified atom stereocenters. The maximum Gasteiger partial charge on any atom is 0.326 e. The van der Waals surface area contributed by atoms with Gasteiger partial charge in [-0.25, -0.2) is 4.79 Å². The molecule has 0 aromatic heterocycles. The first-order chi connectivity index (χ1) is 9.57. The van der Waals surface area contributed by atoms with Crippen LogP contribution in [0.4, 0.5) is 0 Å². The summed E-state index contributed by atoms with van der Waals surface area (Å²) in [6.45, 7) is 10.1. The predicted molar refractivity (Wildman–Crippen MR) is 82.7 cm³/mol. The molecule has 0 heterocycles. The Bertz CT molecular complexity index is 393. The average Bonchev–Trinajstić information content (AvgIpc) is 2.34. The summed E-state index contributed by atoms with van der Waals surface area (Å²) in [7, 11) is 0. The fourth-order valence-corrected chi connectivity index (χ4v) is 3.28. The Balaban J connectivity index is 2.80. The maximum atomic E-state index is 12.5. The highest BCUT2D eigenvalue weighted by Crippen LogP contribution is 2.44. The van der Waals surface area contributed by atoms with E-state index < -0.39 is 12.0 Å². The number of aliphatic carboxylic acids is 1. The summed E-state index contributed by atoms with van der Waals surface area (Å²) in [6, 6.07) is -0.700. The summed E-state index contributed by atoms with van der Waals surface area (Å²) in [5, 5.41) is 12.0. The van der Waals surface area contributed by atoms with Crippen molar-refractivity contribution in [2.75, 3.05) is 0 Å².